The summed E-state index contributed by atoms with van der Waals surface area (Å²) in [4.78, 5) is 6.90. The molecule has 134 valence electrons. The van der Waals surface area contributed by atoms with Crippen molar-refractivity contribution in [3.8, 4) is 17.1 Å². The third-order valence-electron chi connectivity index (χ3n) is 4.88. The number of hydrogen-bond acceptors (Lipinski definition) is 4. The zero-order valence-electron chi connectivity index (χ0n) is 14.7. The van der Waals surface area contributed by atoms with Crippen molar-refractivity contribution in [1.29, 1.82) is 0 Å². The van der Waals surface area contributed by atoms with Crippen LogP contribution in [-0.4, -0.2) is 23.5 Å². The Bertz CT molecular complexity index is 858. The molecule has 3 aromatic rings. The van der Waals surface area contributed by atoms with E-state index >= 15 is 0 Å². The van der Waals surface area contributed by atoms with E-state index in [2.05, 4.69) is 22.0 Å². The second-order valence-corrected chi connectivity index (χ2v) is 6.96. The monoisotopic (exact) mass is 368 g/mol. The van der Waals surface area contributed by atoms with Crippen molar-refractivity contribution in [2.75, 3.05) is 13.7 Å². The molecule has 0 amide bonds. The lowest BCUT2D eigenvalue weighted by Crippen LogP contribution is -2.22. The van der Waals surface area contributed by atoms with Crippen LogP contribution in [0.25, 0.3) is 11.3 Å². The number of ether oxygens (including phenoxy) is 1. The summed E-state index contributed by atoms with van der Waals surface area (Å²) < 4.78 is 11.2. The molecule has 4 nitrogen and oxygen atoms in total. The molecule has 1 saturated heterocycles. The summed E-state index contributed by atoms with van der Waals surface area (Å²) in [6.45, 7) is 1.76. The van der Waals surface area contributed by atoms with E-state index in [4.69, 9.17) is 20.8 Å². The minimum atomic E-state index is 0.395. The number of methoxy groups -OCH3 is 1. The molecule has 2 aromatic carbocycles. The van der Waals surface area contributed by atoms with E-state index in [1.54, 1.807) is 13.3 Å². The number of nitrogens with zero attached hydrogens (tertiary/aromatic N) is 2. The Morgan fingerprint density at radius 3 is 2.65 bits per heavy atom. The Labute approximate surface area is 158 Å². The van der Waals surface area contributed by atoms with Gasteiger partial charge in [-0.3, -0.25) is 4.90 Å². The van der Waals surface area contributed by atoms with Crippen LogP contribution < -0.4 is 4.74 Å². The molecule has 26 heavy (non-hydrogen) atoms. The van der Waals surface area contributed by atoms with Gasteiger partial charge in [-0.2, -0.15) is 0 Å². The number of rotatable bonds is 5. The van der Waals surface area contributed by atoms with Gasteiger partial charge in [-0.05, 0) is 61.3 Å². The first kappa shape index (κ1) is 17.1. The van der Waals surface area contributed by atoms with E-state index in [0.29, 0.717) is 17.6 Å². The molecule has 0 N–H and O–H groups in total. The zero-order valence-corrected chi connectivity index (χ0v) is 15.4. The quantitative estimate of drug-likeness (QED) is 0.609. The van der Waals surface area contributed by atoms with E-state index in [-0.39, 0.29) is 0 Å². The Morgan fingerprint density at radius 1 is 1.15 bits per heavy atom. The van der Waals surface area contributed by atoms with E-state index in [0.717, 1.165) is 35.9 Å². The van der Waals surface area contributed by atoms with Crippen LogP contribution in [0.4, 0.5) is 0 Å². The highest BCUT2D eigenvalue weighted by Crippen LogP contribution is 2.34. The maximum absolute atomic E-state index is 5.98. The molecule has 1 unspecified atom stereocenters. The third-order valence-corrected chi connectivity index (χ3v) is 5.14. The van der Waals surface area contributed by atoms with Gasteiger partial charge in [-0.25, -0.2) is 4.98 Å². The number of benzene rings is 2. The first-order chi connectivity index (χ1) is 12.7. The molecule has 1 aliphatic heterocycles. The van der Waals surface area contributed by atoms with Crippen LogP contribution in [0.5, 0.6) is 5.75 Å². The van der Waals surface area contributed by atoms with Crippen molar-refractivity contribution in [1.82, 2.24) is 9.88 Å². The van der Waals surface area contributed by atoms with E-state index < -0.39 is 0 Å². The molecule has 1 fully saturated rings. The maximum Gasteiger partial charge on any atom is 0.209 e. The van der Waals surface area contributed by atoms with Crippen LogP contribution >= 0.6 is 11.6 Å². The molecule has 0 saturated carbocycles. The first-order valence-electron chi connectivity index (χ1n) is 8.81. The predicted molar refractivity (Wildman–Crippen MR) is 102 cm³/mol. The highest BCUT2D eigenvalue weighted by Gasteiger charge is 2.27. The highest BCUT2D eigenvalue weighted by molar-refractivity contribution is 6.30. The van der Waals surface area contributed by atoms with E-state index in [9.17, 15) is 0 Å². The van der Waals surface area contributed by atoms with Crippen molar-refractivity contribution in [2.24, 2.45) is 0 Å². The van der Waals surface area contributed by atoms with Gasteiger partial charge >= 0.3 is 0 Å². The van der Waals surface area contributed by atoms with Gasteiger partial charge < -0.3 is 9.15 Å². The highest BCUT2D eigenvalue weighted by atomic mass is 35.5. The van der Waals surface area contributed by atoms with Crippen molar-refractivity contribution < 1.29 is 9.15 Å². The van der Waals surface area contributed by atoms with Crippen molar-refractivity contribution in [2.45, 2.75) is 25.4 Å². The molecular weight excluding hydrogens is 348 g/mol. The van der Waals surface area contributed by atoms with E-state index in [1.807, 2.05) is 36.4 Å². The van der Waals surface area contributed by atoms with Crippen molar-refractivity contribution in [3.63, 3.8) is 0 Å². The molecule has 1 aliphatic rings. The topological polar surface area (TPSA) is 38.5 Å². The predicted octanol–water partition coefficient (Wildman–Crippen LogP) is 5.34. The van der Waals surface area contributed by atoms with Gasteiger partial charge in [0.1, 0.15) is 5.75 Å². The standard InChI is InChI=1S/C21H21ClN2O2/c1-25-18-10-6-15(7-11-18)19-3-2-12-24(19)14-21-23-13-20(26-21)16-4-8-17(22)9-5-16/h4-11,13,19H,2-3,12,14H2,1H3. The smallest absolute Gasteiger partial charge is 0.209 e. The van der Waals surface area contributed by atoms with Crippen LogP contribution in [-0.2, 0) is 6.54 Å². The molecule has 0 aliphatic carbocycles. The number of halogens is 1. The summed E-state index contributed by atoms with van der Waals surface area (Å²) in [5, 5.41) is 0.716. The number of hydrogen-bond donors (Lipinski definition) is 0. The Kier molecular flexibility index (Phi) is 4.96. The number of oxazole rings is 1. The third kappa shape index (κ3) is 3.62. The second-order valence-electron chi connectivity index (χ2n) is 6.53. The summed E-state index contributed by atoms with van der Waals surface area (Å²) in [7, 11) is 1.69. The van der Waals surface area contributed by atoms with Crippen LogP contribution in [0, 0.1) is 0 Å². The Morgan fingerprint density at radius 2 is 1.92 bits per heavy atom. The molecule has 0 bridgehead atoms. The molecule has 2 heterocycles. The van der Waals surface area contributed by atoms with Gasteiger partial charge in [0.05, 0.1) is 19.9 Å². The summed E-state index contributed by atoms with van der Waals surface area (Å²) in [5.74, 6) is 2.41. The molecule has 0 radical (unpaired) electrons. The van der Waals surface area contributed by atoms with Gasteiger partial charge in [-0.15, -0.1) is 0 Å². The minimum absolute atomic E-state index is 0.395. The van der Waals surface area contributed by atoms with E-state index in [1.165, 1.54) is 12.0 Å². The van der Waals surface area contributed by atoms with Gasteiger partial charge in [0, 0.05) is 16.6 Å². The number of aromatic nitrogens is 1. The zero-order chi connectivity index (χ0) is 17.9. The fraction of sp³-hybridized carbons (Fsp3) is 0.286. The fourth-order valence-electron chi connectivity index (χ4n) is 3.52. The largest absolute Gasteiger partial charge is 0.497 e. The fourth-order valence-corrected chi connectivity index (χ4v) is 3.65. The molecule has 1 atom stereocenters. The van der Waals surface area contributed by atoms with Crippen LogP contribution in [0.2, 0.25) is 5.02 Å². The molecule has 1 aromatic heterocycles. The lowest BCUT2D eigenvalue weighted by Gasteiger charge is -2.23. The summed E-state index contributed by atoms with van der Waals surface area (Å²) in [5.41, 5.74) is 2.30. The maximum atomic E-state index is 5.98. The van der Waals surface area contributed by atoms with Crippen LogP contribution in [0.1, 0.15) is 30.3 Å². The van der Waals surface area contributed by atoms with Gasteiger partial charge in [0.25, 0.3) is 0 Å². The van der Waals surface area contributed by atoms with Crippen molar-refractivity contribution >= 4 is 11.6 Å². The summed E-state index contributed by atoms with van der Waals surface area (Å²) in [6.07, 6.45) is 4.12. The van der Waals surface area contributed by atoms with Crippen molar-refractivity contribution in [3.05, 3.63) is 71.2 Å². The van der Waals surface area contributed by atoms with Gasteiger partial charge in [-0.1, -0.05) is 23.7 Å². The number of likely N-dealkylation sites (tertiary alicyclic amines) is 1. The Balaban J connectivity index is 1.48. The average molecular weight is 369 g/mol. The van der Waals surface area contributed by atoms with Gasteiger partial charge in [0.15, 0.2) is 5.76 Å². The molecule has 4 rings (SSSR count). The summed E-state index contributed by atoms with van der Waals surface area (Å²) >= 11 is 5.95. The molecule has 5 heteroatoms. The van der Waals surface area contributed by atoms with Gasteiger partial charge in [0.2, 0.25) is 5.89 Å². The lowest BCUT2D eigenvalue weighted by molar-refractivity contribution is 0.224. The first-order valence-corrected chi connectivity index (χ1v) is 9.19. The molecule has 0 spiro atoms. The normalized spacial score (nSPS) is 17.5. The Hall–Kier alpha value is -2.30. The minimum Gasteiger partial charge on any atom is -0.497 e. The van der Waals surface area contributed by atoms with Crippen LogP contribution in [0.15, 0.2) is 59.1 Å². The lowest BCUT2D eigenvalue weighted by atomic mass is 10.0. The average Bonchev–Trinajstić information content (AvgIpc) is 3.33. The second kappa shape index (κ2) is 7.52. The molecular formula is C21H21ClN2O2. The SMILES string of the molecule is COc1ccc(C2CCCN2Cc2ncc(-c3ccc(Cl)cc3)o2)cc1. The van der Waals surface area contributed by atoms with Crippen LogP contribution in [0.3, 0.4) is 0 Å². The summed E-state index contributed by atoms with van der Waals surface area (Å²) in [6, 6.07) is 16.4.